The van der Waals surface area contributed by atoms with Gasteiger partial charge in [-0.1, -0.05) is 0 Å². The van der Waals surface area contributed by atoms with E-state index in [0.29, 0.717) is 18.1 Å². The molecular formula is C23H30N6O. The van der Waals surface area contributed by atoms with E-state index in [2.05, 4.69) is 49.2 Å². The number of fused-ring (bicyclic) bond motifs is 1. The molecule has 2 aromatic heterocycles. The molecule has 7 nitrogen and oxygen atoms in total. The number of nitrogen functional groups attached to an aromatic ring is 1. The molecule has 0 fully saturated rings. The van der Waals surface area contributed by atoms with Crippen LogP contribution in [-0.4, -0.2) is 31.2 Å². The summed E-state index contributed by atoms with van der Waals surface area (Å²) >= 11 is 0. The molecule has 3 aromatic rings. The van der Waals surface area contributed by atoms with E-state index in [1.807, 2.05) is 24.3 Å². The van der Waals surface area contributed by atoms with Gasteiger partial charge in [-0.05, 0) is 58.9 Å². The first-order valence-electron chi connectivity index (χ1n) is 10.4. The van der Waals surface area contributed by atoms with Crippen molar-refractivity contribution < 1.29 is 0 Å². The molecule has 0 amide bonds. The van der Waals surface area contributed by atoms with Gasteiger partial charge in [-0.3, -0.25) is 14.4 Å². The lowest BCUT2D eigenvalue weighted by Crippen LogP contribution is -2.35. The molecule has 0 radical (unpaired) electrons. The second-order valence-corrected chi connectivity index (χ2v) is 9.15. The second-order valence-electron chi connectivity index (χ2n) is 9.15. The maximum absolute atomic E-state index is 12.8. The van der Waals surface area contributed by atoms with Gasteiger partial charge < -0.3 is 10.7 Å². The quantitative estimate of drug-likeness (QED) is 0.652. The van der Waals surface area contributed by atoms with E-state index in [0.717, 1.165) is 42.0 Å². The van der Waals surface area contributed by atoms with Crippen LogP contribution >= 0.6 is 0 Å². The number of aromatic amines is 1. The van der Waals surface area contributed by atoms with Crippen LogP contribution in [0.2, 0.25) is 0 Å². The maximum atomic E-state index is 12.8. The highest BCUT2D eigenvalue weighted by atomic mass is 16.1. The number of hydrogen-bond donors (Lipinski definition) is 2. The molecule has 0 spiro atoms. The largest absolute Gasteiger partial charge is 0.399 e. The lowest BCUT2D eigenvalue weighted by atomic mass is 10.0. The lowest BCUT2D eigenvalue weighted by molar-refractivity contribution is 0.240. The molecule has 0 atom stereocenters. The van der Waals surface area contributed by atoms with Crippen LogP contribution in [-0.2, 0) is 25.0 Å². The summed E-state index contributed by atoms with van der Waals surface area (Å²) in [6, 6.07) is 7.40. The number of H-pyrrole nitrogens is 1. The van der Waals surface area contributed by atoms with E-state index in [1.165, 1.54) is 11.3 Å². The predicted octanol–water partition coefficient (Wildman–Crippen LogP) is 3.15. The number of rotatable bonds is 3. The highest BCUT2D eigenvalue weighted by Gasteiger charge is 2.25. The topological polar surface area (TPSA) is 92.8 Å². The summed E-state index contributed by atoms with van der Waals surface area (Å²) in [5.74, 6) is 0.602. The zero-order valence-electron chi connectivity index (χ0n) is 18.4. The first kappa shape index (κ1) is 20.3. The molecule has 4 rings (SSSR count). The van der Waals surface area contributed by atoms with E-state index < -0.39 is 0 Å². The Morgan fingerprint density at radius 1 is 1.17 bits per heavy atom. The molecule has 1 aliphatic heterocycles. The number of nitrogens with two attached hydrogens (primary N) is 1. The average Bonchev–Trinajstić information content (AvgIpc) is 2.97. The third kappa shape index (κ3) is 3.77. The number of anilines is 1. The smallest absolute Gasteiger partial charge is 0.255 e. The van der Waals surface area contributed by atoms with Gasteiger partial charge in [-0.2, -0.15) is 5.10 Å². The van der Waals surface area contributed by atoms with E-state index in [-0.39, 0.29) is 11.1 Å². The zero-order valence-corrected chi connectivity index (χ0v) is 18.4. The van der Waals surface area contributed by atoms with Crippen molar-refractivity contribution in [2.75, 3.05) is 12.3 Å². The highest BCUT2D eigenvalue weighted by Crippen LogP contribution is 2.25. The number of benzene rings is 1. The molecule has 0 bridgehead atoms. The Balaban J connectivity index is 1.58. The maximum Gasteiger partial charge on any atom is 0.255 e. The van der Waals surface area contributed by atoms with Crippen LogP contribution in [0.25, 0.3) is 11.4 Å². The van der Waals surface area contributed by atoms with Crippen molar-refractivity contribution in [2.45, 2.75) is 59.7 Å². The molecule has 0 saturated carbocycles. The monoisotopic (exact) mass is 406 g/mol. The molecule has 7 heteroatoms. The molecule has 30 heavy (non-hydrogen) atoms. The van der Waals surface area contributed by atoms with Gasteiger partial charge in [0.25, 0.3) is 5.56 Å². The Morgan fingerprint density at radius 2 is 1.87 bits per heavy atom. The third-order valence-electron chi connectivity index (χ3n) is 5.79. The van der Waals surface area contributed by atoms with Crippen molar-refractivity contribution in [1.82, 2.24) is 24.6 Å². The zero-order chi connectivity index (χ0) is 21.6. The summed E-state index contributed by atoms with van der Waals surface area (Å²) in [6.45, 7) is 12.9. The molecule has 0 aliphatic carbocycles. The Morgan fingerprint density at radius 3 is 2.50 bits per heavy atom. The molecule has 1 aliphatic rings. The van der Waals surface area contributed by atoms with Gasteiger partial charge in [0.05, 0.1) is 22.5 Å². The summed E-state index contributed by atoms with van der Waals surface area (Å²) in [6.07, 6.45) is 0.757. The highest BCUT2D eigenvalue weighted by molar-refractivity contribution is 5.58. The minimum Gasteiger partial charge on any atom is -0.399 e. The molecule has 0 saturated heterocycles. The minimum absolute atomic E-state index is 0.0544. The standard InChI is InChI=1S/C23H30N6O/c1-14-18(15(2)29(27-14)23(3,4)5)12-28-11-10-20-19(13-28)22(30)26-21(25-20)16-6-8-17(24)9-7-16/h6-9H,10-13,24H2,1-5H3,(H,25,26,30). The van der Waals surface area contributed by atoms with Crippen LogP contribution < -0.4 is 11.3 Å². The molecular weight excluding hydrogens is 376 g/mol. The van der Waals surface area contributed by atoms with E-state index in [1.54, 1.807) is 0 Å². The van der Waals surface area contributed by atoms with E-state index in [4.69, 9.17) is 15.8 Å². The second kappa shape index (κ2) is 7.40. The first-order valence-corrected chi connectivity index (χ1v) is 10.4. The lowest BCUT2D eigenvalue weighted by Gasteiger charge is -2.28. The van der Waals surface area contributed by atoms with Crippen LogP contribution in [0.4, 0.5) is 5.69 Å². The van der Waals surface area contributed by atoms with Crippen molar-refractivity contribution >= 4 is 5.69 Å². The Bertz CT molecular complexity index is 1130. The average molecular weight is 407 g/mol. The van der Waals surface area contributed by atoms with Gasteiger partial charge in [0, 0.05) is 48.6 Å². The Hall–Kier alpha value is -2.93. The van der Waals surface area contributed by atoms with E-state index >= 15 is 0 Å². The minimum atomic E-state index is -0.0599. The van der Waals surface area contributed by atoms with Gasteiger partial charge in [-0.15, -0.1) is 0 Å². The van der Waals surface area contributed by atoms with Crippen molar-refractivity contribution in [2.24, 2.45) is 0 Å². The summed E-state index contributed by atoms with van der Waals surface area (Å²) in [5, 5.41) is 4.76. The fraction of sp³-hybridized carbons (Fsp3) is 0.435. The van der Waals surface area contributed by atoms with Gasteiger partial charge in [0.15, 0.2) is 0 Å². The summed E-state index contributed by atoms with van der Waals surface area (Å²) in [4.78, 5) is 22.8. The number of aromatic nitrogens is 4. The predicted molar refractivity (Wildman–Crippen MR) is 119 cm³/mol. The van der Waals surface area contributed by atoms with Crippen LogP contribution in [0.1, 0.15) is 49.0 Å². The summed E-state index contributed by atoms with van der Waals surface area (Å²) in [5.41, 5.74) is 12.4. The van der Waals surface area contributed by atoms with Gasteiger partial charge in [-0.25, -0.2) is 4.98 Å². The molecule has 0 unspecified atom stereocenters. The van der Waals surface area contributed by atoms with Crippen LogP contribution in [0.3, 0.4) is 0 Å². The van der Waals surface area contributed by atoms with Gasteiger partial charge in [0.1, 0.15) is 5.82 Å². The van der Waals surface area contributed by atoms with Crippen LogP contribution in [0, 0.1) is 13.8 Å². The summed E-state index contributed by atoms with van der Waals surface area (Å²) in [7, 11) is 0. The van der Waals surface area contributed by atoms with E-state index in [9.17, 15) is 4.79 Å². The molecule has 158 valence electrons. The molecule has 3 heterocycles. The fourth-order valence-corrected chi connectivity index (χ4v) is 4.17. The van der Waals surface area contributed by atoms with Crippen LogP contribution in [0.15, 0.2) is 29.1 Å². The van der Waals surface area contributed by atoms with Crippen molar-refractivity contribution in [3.63, 3.8) is 0 Å². The number of hydrogen-bond acceptors (Lipinski definition) is 5. The fourth-order valence-electron chi connectivity index (χ4n) is 4.17. The number of aryl methyl sites for hydroxylation is 1. The van der Waals surface area contributed by atoms with Crippen LogP contribution in [0.5, 0.6) is 0 Å². The first-order chi connectivity index (χ1) is 14.1. The van der Waals surface area contributed by atoms with Gasteiger partial charge >= 0.3 is 0 Å². The number of nitrogens with one attached hydrogen (secondary N) is 1. The molecule has 1 aromatic carbocycles. The normalized spacial score (nSPS) is 14.7. The van der Waals surface area contributed by atoms with Crippen molar-refractivity contribution in [1.29, 1.82) is 0 Å². The summed E-state index contributed by atoms with van der Waals surface area (Å²) < 4.78 is 2.10. The van der Waals surface area contributed by atoms with Crippen molar-refractivity contribution in [3.8, 4) is 11.4 Å². The SMILES string of the molecule is Cc1nn(C(C)(C)C)c(C)c1CN1CCc2nc(-c3ccc(N)cc3)[nH]c(=O)c2C1. The van der Waals surface area contributed by atoms with Gasteiger partial charge in [0.2, 0.25) is 0 Å². The van der Waals surface area contributed by atoms with Crippen molar-refractivity contribution in [3.05, 3.63) is 62.8 Å². The molecule has 3 N–H and O–H groups in total. The number of nitrogens with zero attached hydrogens (tertiary/aromatic N) is 4. The third-order valence-corrected chi connectivity index (χ3v) is 5.79. The Labute approximate surface area is 176 Å². The Kier molecular flexibility index (Phi) is 5.02.